The lowest BCUT2D eigenvalue weighted by atomic mass is 10.1. The summed E-state index contributed by atoms with van der Waals surface area (Å²) in [7, 11) is 1.67. The van der Waals surface area contributed by atoms with Gasteiger partial charge in [-0.25, -0.2) is 4.98 Å². The minimum Gasteiger partial charge on any atom is -0.497 e. The standard InChI is InChI=1S/C19H19ClN2OS/c1-13(2)24-19-21-12-18(14-4-10-17(23-3)11-5-14)22(19)16-8-6-15(20)7-9-16/h4-13H,1-3H3. The van der Waals surface area contributed by atoms with E-state index in [-0.39, 0.29) is 0 Å². The molecule has 2 aromatic carbocycles. The molecular formula is C19H19ClN2OS. The van der Waals surface area contributed by atoms with E-state index >= 15 is 0 Å². The maximum absolute atomic E-state index is 6.04. The third kappa shape index (κ3) is 3.60. The summed E-state index contributed by atoms with van der Waals surface area (Å²) < 4.78 is 7.42. The van der Waals surface area contributed by atoms with Crippen molar-refractivity contribution >= 4 is 23.4 Å². The average Bonchev–Trinajstić information content (AvgIpc) is 2.98. The number of halogens is 1. The van der Waals surface area contributed by atoms with Crippen LogP contribution in [0.4, 0.5) is 0 Å². The molecule has 1 heterocycles. The average molecular weight is 359 g/mol. The Labute approximate surface area is 151 Å². The first-order valence-corrected chi connectivity index (χ1v) is 8.99. The van der Waals surface area contributed by atoms with Gasteiger partial charge in [-0.2, -0.15) is 0 Å². The van der Waals surface area contributed by atoms with Gasteiger partial charge in [0.05, 0.1) is 19.0 Å². The smallest absolute Gasteiger partial charge is 0.173 e. The van der Waals surface area contributed by atoms with Crippen molar-refractivity contribution in [3.05, 3.63) is 59.8 Å². The first-order chi connectivity index (χ1) is 11.6. The van der Waals surface area contributed by atoms with Crippen LogP contribution < -0.4 is 4.74 Å². The number of rotatable bonds is 5. The third-order valence-corrected chi connectivity index (χ3v) is 4.76. The summed E-state index contributed by atoms with van der Waals surface area (Å²) in [6.07, 6.45) is 1.92. The summed E-state index contributed by atoms with van der Waals surface area (Å²) in [4.78, 5) is 4.64. The number of hydrogen-bond acceptors (Lipinski definition) is 3. The second kappa shape index (κ2) is 7.32. The summed E-state index contributed by atoms with van der Waals surface area (Å²) in [5, 5.41) is 2.14. The third-order valence-electron chi connectivity index (χ3n) is 3.54. The first-order valence-electron chi connectivity index (χ1n) is 7.73. The van der Waals surface area contributed by atoms with Crippen molar-refractivity contribution < 1.29 is 4.74 Å². The number of aromatic nitrogens is 2. The van der Waals surface area contributed by atoms with Crippen LogP contribution >= 0.6 is 23.4 Å². The summed E-state index contributed by atoms with van der Waals surface area (Å²) in [6.45, 7) is 4.33. The lowest BCUT2D eigenvalue weighted by Crippen LogP contribution is -2.01. The Balaban J connectivity index is 2.11. The second-order valence-corrected chi connectivity index (χ2v) is 7.61. The summed E-state index contributed by atoms with van der Waals surface area (Å²) >= 11 is 7.78. The van der Waals surface area contributed by atoms with Crippen LogP contribution in [0.2, 0.25) is 5.02 Å². The molecule has 0 saturated carbocycles. The van der Waals surface area contributed by atoms with E-state index in [0.29, 0.717) is 5.25 Å². The predicted molar refractivity (Wildman–Crippen MR) is 102 cm³/mol. The SMILES string of the molecule is COc1ccc(-c2cnc(SC(C)C)n2-c2ccc(Cl)cc2)cc1. The highest BCUT2D eigenvalue weighted by Crippen LogP contribution is 2.32. The highest BCUT2D eigenvalue weighted by molar-refractivity contribution is 7.99. The van der Waals surface area contributed by atoms with E-state index in [9.17, 15) is 0 Å². The van der Waals surface area contributed by atoms with Crippen molar-refractivity contribution in [3.8, 4) is 22.7 Å². The van der Waals surface area contributed by atoms with E-state index in [4.69, 9.17) is 16.3 Å². The van der Waals surface area contributed by atoms with Gasteiger partial charge < -0.3 is 4.74 Å². The Morgan fingerprint density at radius 3 is 2.29 bits per heavy atom. The molecule has 0 unspecified atom stereocenters. The van der Waals surface area contributed by atoms with Crippen molar-refractivity contribution in [2.75, 3.05) is 7.11 Å². The Hall–Kier alpha value is -1.91. The fourth-order valence-electron chi connectivity index (χ4n) is 2.43. The van der Waals surface area contributed by atoms with E-state index in [1.54, 1.807) is 18.9 Å². The van der Waals surface area contributed by atoms with Gasteiger partial charge >= 0.3 is 0 Å². The van der Waals surface area contributed by atoms with Crippen LogP contribution in [0.5, 0.6) is 5.75 Å². The van der Waals surface area contributed by atoms with Gasteiger partial charge in [-0.05, 0) is 48.5 Å². The number of methoxy groups -OCH3 is 1. The van der Waals surface area contributed by atoms with E-state index in [1.807, 2.05) is 54.7 Å². The number of nitrogens with zero attached hydrogens (tertiary/aromatic N) is 2. The molecule has 0 saturated heterocycles. The monoisotopic (exact) mass is 358 g/mol. The Bertz CT molecular complexity index is 810. The molecule has 1 aromatic heterocycles. The lowest BCUT2D eigenvalue weighted by molar-refractivity contribution is 0.415. The molecule has 5 heteroatoms. The van der Waals surface area contributed by atoms with Crippen LogP contribution in [0, 0.1) is 0 Å². The topological polar surface area (TPSA) is 27.1 Å². The maximum Gasteiger partial charge on any atom is 0.173 e. The fraction of sp³-hybridized carbons (Fsp3) is 0.211. The van der Waals surface area contributed by atoms with Gasteiger partial charge in [0.25, 0.3) is 0 Å². The summed E-state index contributed by atoms with van der Waals surface area (Å²) in [5.74, 6) is 0.841. The molecule has 0 N–H and O–H groups in total. The van der Waals surface area contributed by atoms with Crippen molar-refractivity contribution in [2.45, 2.75) is 24.3 Å². The molecule has 0 aliphatic carbocycles. The molecule has 3 aromatic rings. The molecule has 0 fully saturated rings. The van der Waals surface area contributed by atoms with Crippen LogP contribution in [0.15, 0.2) is 59.9 Å². The van der Waals surface area contributed by atoms with Gasteiger partial charge in [0.2, 0.25) is 0 Å². The Kier molecular flexibility index (Phi) is 5.17. The van der Waals surface area contributed by atoms with Gasteiger partial charge in [0.15, 0.2) is 5.16 Å². The van der Waals surface area contributed by atoms with Crippen LogP contribution in [0.25, 0.3) is 16.9 Å². The zero-order chi connectivity index (χ0) is 17.1. The minimum absolute atomic E-state index is 0.446. The van der Waals surface area contributed by atoms with Gasteiger partial charge in [0, 0.05) is 21.5 Å². The number of ether oxygens (including phenoxy) is 1. The van der Waals surface area contributed by atoms with Crippen molar-refractivity contribution in [2.24, 2.45) is 0 Å². The molecule has 3 nitrogen and oxygen atoms in total. The minimum atomic E-state index is 0.446. The molecule has 0 radical (unpaired) electrons. The van der Waals surface area contributed by atoms with Crippen LogP contribution in [-0.2, 0) is 0 Å². The van der Waals surface area contributed by atoms with E-state index in [1.165, 1.54) is 0 Å². The number of imidazole rings is 1. The lowest BCUT2D eigenvalue weighted by Gasteiger charge is -2.13. The van der Waals surface area contributed by atoms with Crippen LogP contribution in [0.3, 0.4) is 0 Å². The highest BCUT2D eigenvalue weighted by atomic mass is 35.5. The molecule has 124 valence electrons. The molecular weight excluding hydrogens is 340 g/mol. The van der Waals surface area contributed by atoms with Gasteiger partial charge in [-0.1, -0.05) is 37.2 Å². The molecule has 0 spiro atoms. The van der Waals surface area contributed by atoms with Crippen molar-refractivity contribution in [3.63, 3.8) is 0 Å². The fourth-order valence-corrected chi connectivity index (χ4v) is 3.40. The van der Waals surface area contributed by atoms with Crippen molar-refractivity contribution in [1.82, 2.24) is 9.55 Å². The van der Waals surface area contributed by atoms with Crippen molar-refractivity contribution in [1.29, 1.82) is 0 Å². The quantitative estimate of drug-likeness (QED) is 0.547. The number of benzene rings is 2. The molecule has 0 atom stereocenters. The van der Waals surface area contributed by atoms with E-state index in [2.05, 4.69) is 23.4 Å². The molecule has 0 aliphatic rings. The zero-order valence-electron chi connectivity index (χ0n) is 13.9. The normalized spacial score (nSPS) is 11.0. The molecule has 0 bridgehead atoms. The predicted octanol–water partition coefficient (Wildman–Crippen LogP) is 5.70. The van der Waals surface area contributed by atoms with E-state index < -0.39 is 0 Å². The first kappa shape index (κ1) is 16.9. The highest BCUT2D eigenvalue weighted by Gasteiger charge is 2.15. The zero-order valence-corrected chi connectivity index (χ0v) is 15.4. The van der Waals surface area contributed by atoms with Crippen LogP contribution in [-0.4, -0.2) is 21.9 Å². The molecule has 0 amide bonds. The molecule has 24 heavy (non-hydrogen) atoms. The molecule has 3 rings (SSSR count). The van der Waals surface area contributed by atoms with Gasteiger partial charge in [-0.15, -0.1) is 0 Å². The number of thioether (sulfide) groups is 1. The maximum atomic E-state index is 6.04. The summed E-state index contributed by atoms with van der Waals surface area (Å²) in [5.41, 5.74) is 3.18. The van der Waals surface area contributed by atoms with Gasteiger partial charge in [0.1, 0.15) is 5.75 Å². The number of hydrogen-bond donors (Lipinski definition) is 0. The van der Waals surface area contributed by atoms with Crippen LogP contribution in [0.1, 0.15) is 13.8 Å². The molecule has 0 aliphatic heterocycles. The summed E-state index contributed by atoms with van der Waals surface area (Å²) in [6, 6.07) is 15.9. The second-order valence-electron chi connectivity index (χ2n) is 5.63. The van der Waals surface area contributed by atoms with E-state index in [0.717, 1.165) is 32.9 Å². The Morgan fingerprint density at radius 2 is 1.71 bits per heavy atom. The van der Waals surface area contributed by atoms with Gasteiger partial charge in [-0.3, -0.25) is 4.57 Å². The largest absolute Gasteiger partial charge is 0.497 e. The Morgan fingerprint density at radius 1 is 1.04 bits per heavy atom.